The first-order chi connectivity index (χ1) is 9.33. The van der Waals surface area contributed by atoms with Crippen LogP contribution in [0.3, 0.4) is 0 Å². The molecular formula is C18H27NO. The highest BCUT2D eigenvalue weighted by Crippen LogP contribution is 2.38. The summed E-state index contributed by atoms with van der Waals surface area (Å²) in [6.45, 7) is 11.1. The van der Waals surface area contributed by atoms with Crippen LogP contribution in [0, 0.1) is 5.92 Å². The number of hydrogen-bond donors (Lipinski definition) is 1. The van der Waals surface area contributed by atoms with Crippen molar-refractivity contribution in [2.75, 3.05) is 0 Å². The van der Waals surface area contributed by atoms with Crippen LogP contribution in [-0.4, -0.2) is 11.9 Å². The maximum Gasteiger partial charge on any atom is 0.221 e. The Balaban J connectivity index is 2.29. The van der Waals surface area contributed by atoms with Crippen molar-refractivity contribution in [1.29, 1.82) is 0 Å². The Morgan fingerprint density at radius 1 is 1.20 bits per heavy atom. The molecule has 2 heteroatoms. The van der Waals surface area contributed by atoms with Gasteiger partial charge in [-0.1, -0.05) is 58.9 Å². The molecule has 1 aliphatic rings. The van der Waals surface area contributed by atoms with Crippen molar-refractivity contribution in [2.24, 2.45) is 5.92 Å². The van der Waals surface area contributed by atoms with Gasteiger partial charge in [0.05, 0.1) is 0 Å². The van der Waals surface area contributed by atoms with Gasteiger partial charge in [0.1, 0.15) is 0 Å². The maximum absolute atomic E-state index is 11.9. The summed E-state index contributed by atoms with van der Waals surface area (Å²) in [5, 5.41) is 3.17. The average molecular weight is 273 g/mol. The van der Waals surface area contributed by atoms with Crippen molar-refractivity contribution in [1.82, 2.24) is 5.32 Å². The highest BCUT2D eigenvalue weighted by molar-refractivity contribution is 5.81. The molecule has 1 heterocycles. The third kappa shape index (κ3) is 2.89. The highest BCUT2D eigenvalue weighted by atomic mass is 16.2. The third-order valence-electron chi connectivity index (χ3n) is 4.58. The second-order valence-electron chi connectivity index (χ2n) is 7.12. The first kappa shape index (κ1) is 15.1. The third-order valence-corrected chi connectivity index (χ3v) is 4.58. The summed E-state index contributed by atoms with van der Waals surface area (Å²) in [7, 11) is 0. The molecule has 1 amide bonds. The van der Waals surface area contributed by atoms with Crippen molar-refractivity contribution < 1.29 is 4.79 Å². The van der Waals surface area contributed by atoms with Gasteiger partial charge in [0.25, 0.3) is 0 Å². The second kappa shape index (κ2) is 5.59. The van der Waals surface area contributed by atoms with Gasteiger partial charge in [-0.25, -0.2) is 0 Å². The van der Waals surface area contributed by atoms with E-state index in [0.717, 1.165) is 6.42 Å². The molecule has 1 fully saturated rings. The zero-order valence-corrected chi connectivity index (χ0v) is 13.4. The smallest absolute Gasteiger partial charge is 0.221 e. The van der Waals surface area contributed by atoms with Crippen LogP contribution in [0.25, 0.3) is 0 Å². The predicted molar refractivity (Wildman–Crippen MR) is 83.9 cm³/mol. The summed E-state index contributed by atoms with van der Waals surface area (Å²) >= 11 is 0. The van der Waals surface area contributed by atoms with Gasteiger partial charge < -0.3 is 5.32 Å². The Morgan fingerprint density at radius 2 is 1.80 bits per heavy atom. The average Bonchev–Trinajstić information content (AvgIpc) is 2.64. The molecule has 0 aliphatic carbocycles. The van der Waals surface area contributed by atoms with Gasteiger partial charge in [-0.2, -0.15) is 0 Å². The molecule has 1 aromatic carbocycles. The standard InChI is InChI=1S/C18H27NO/c1-12(2)10-16-18(5,11-17(20)19-16)15-8-6-14(7-9-15)13(3)4/h6-9,12-13,16H,10-11H2,1-5H3,(H,19,20). The fraction of sp³-hybridized carbons (Fsp3) is 0.611. The largest absolute Gasteiger partial charge is 0.352 e. The lowest BCUT2D eigenvalue weighted by Gasteiger charge is -2.32. The number of carbonyl (C=O) groups excluding carboxylic acids is 1. The van der Waals surface area contributed by atoms with E-state index in [1.807, 2.05) is 0 Å². The van der Waals surface area contributed by atoms with Crippen LogP contribution in [0.4, 0.5) is 0 Å². The predicted octanol–water partition coefficient (Wildman–Crippen LogP) is 4.00. The van der Waals surface area contributed by atoms with E-state index in [0.29, 0.717) is 18.3 Å². The Kier molecular flexibility index (Phi) is 4.22. The molecule has 1 aromatic rings. The van der Waals surface area contributed by atoms with Crippen LogP contribution in [0.2, 0.25) is 0 Å². The van der Waals surface area contributed by atoms with E-state index in [-0.39, 0.29) is 17.4 Å². The molecule has 20 heavy (non-hydrogen) atoms. The number of hydrogen-bond acceptors (Lipinski definition) is 1. The van der Waals surface area contributed by atoms with Crippen LogP contribution in [0.5, 0.6) is 0 Å². The molecule has 2 atom stereocenters. The minimum absolute atomic E-state index is 0.0726. The summed E-state index contributed by atoms with van der Waals surface area (Å²) in [4.78, 5) is 11.9. The van der Waals surface area contributed by atoms with Crippen LogP contribution < -0.4 is 5.32 Å². The monoisotopic (exact) mass is 273 g/mol. The quantitative estimate of drug-likeness (QED) is 0.882. The SMILES string of the molecule is CC(C)CC1NC(=O)CC1(C)c1ccc(C(C)C)cc1. The van der Waals surface area contributed by atoms with Gasteiger partial charge in [-0.05, 0) is 29.4 Å². The fourth-order valence-corrected chi connectivity index (χ4v) is 3.20. The molecule has 2 rings (SSSR count). The van der Waals surface area contributed by atoms with E-state index in [2.05, 4.69) is 64.2 Å². The molecule has 1 aliphatic heterocycles. The Morgan fingerprint density at radius 3 is 2.30 bits per heavy atom. The lowest BCUT2D eigenvalue weighted by atomic mass is 9.73. The molecular weight excluding hydrogens is 246 g/mol. The number of carbonyl (C=O) groups is 1. The molecule has 110 valence electrons. The van der Waals surface area contributed by atoms with E-state index in [9.17, 15) is 4.79 Å². The summed E-state index contributed by atoms with van der Waals surface area (Å²) in [6, 6.07) is 9.09. The lowest BCUT2D eigenvalue weighted by molar-refractivity contribution is -0.119. The Labute approximate surface area is 123 Å². The molecule has 2 nitrogen and oxygen atoms in total. The number of nitrogens with one attached hydrogen (secondary N) is 1. The van der Waals surface area contributed by atoms with Crippen LogP contribution in [0.1, 0.15) is 64.5 Å². The molecule has 0 aromatic heterocycles. The van der Waals surface area contributed by atoms with Gasteiger partial charge in [-0.15, -0.1) is 0 Å². The Hall–Kier alpha value is -1.31. The first-order valence-corrected chi connectivity index (χ1v) is 7.72. The zero-order valence-electron chi connectivity index (χ0n) is 13.4. The van der Waals surface area contributed by atoms with E-state index >= 15 is 0 Å². The maximum atomic E-state index is 11.9. The lowest BCUT2D eigenvalue weighted by Crippen LogP contribution is -2.39. The molecule has 1 saturated heterocycles. The summed E-state index contributed by atoms with van der Waals surface area (Å²) in [5.41, 5.74) is 2.57. The van der Waals surface area contributed by atoms with Crippen molar-refractivity contribution >= 4 is 5.91 Å². The molecule has 0 saturated carbocycles. The molecule has 1 N–H and O–H groups in total. The van der Waals surface area contributed by atoms with Crippen LogP contribution >= 0.6 is 0 Å². The van der Waals surface area contributed by atoms with E-state index in [1.54, 1.807) is 0 Å². The summed E-state index contributed by atoms with van der Waals surface area (Å²) in [5.74, 6) is 1.32. The van der Waals surface area contributed by atoms with Crippen molar-refractivity contribution in [2.45, 2.75) is 64.8 Å². The molecule has 0 radical (unpaired) electrons. The number of rotatable bonds is 4. The molecule has 0 bridgehead atoms. The van der Waals surface area contributed by atoms with Gasteiger partial charge in [-0.3, -0.25) is 4.79 Å². The van der Waals surface area contributed by atoms with Crippen molar-refractivity contribution in [3.8, 4) is 0 Å². The fourth-order valence-electron chi connectivity index (χ4n) is 3.20. The number of benzene rings is 1. The van der Waals surface area contributed by atoms with Gasteiger partial charge in [0.15, 0.2) is 0 Å². The topological polar surface area (TPSA) is 29.1 Å². The zero-order chi connectivity index (χ0) is 14.9. The normalized spacial score (nSPS) is 26.4. The van der Waals surface area contributed by atoms with Crippen molar-refractivity contribution in [3.05, 3.63) is 35.4 Å². The van der Waals surface area contributed by atoms with Crippen LogP contribution in [-0.2, 0) is 10.2 Å². The first-order valence-electron chi connectivity index (χ1n) is 7.72. The minimum atomic E-state index is -0.0726. The van der Waals surface area contributed by atoms with E-state index < -0.39 is 0 Å². The molecule has 2 unspecified atom stereocenters. The van der Waals surface area contributed by atoms with E-state index in [1.165, 1.54) is 11.1 Å². The van der Waals surface area contributed by atoms with Gasteiger partial charge in [0, 0.05) is 17.9 Å². The summed E-state index contributed by atoms with van der Waals surface area (Å²) < 4.78 is 0. The number of amides is 1. The summed E-state index contributed by atoms with van der Waals surface area (Å²) in [6.07, 6.45) is 1.64. The van der Waals surface area contributed by atoms with Gasteiger partial charge >= 0.3 is 0 Å². The van der Waals surface area contributed by atoms with Gasteiger partial charge in [0.2, 0.25) is 5.91 Å². The van der Waals surface area contributed by atoms with Crippen molar-refractivity contribution in [3.63, 3.8) is 0 Å². The molecule has 0 spiro atoms. The second-order valence-corrected chi connectivity index (χ2v) is 7.12. The Bertz CT molecular complexity index is 475. The highest BCUT2D eigenvalue weighted by Gasteiger charge is 2.44. The van der Waals surface area contributed by atoms with Crippen LogP contribution in [0.15, 0.2) is 24.3 Å². The minimum Gasteiger partial charge on any atom is -0.352 e. The van der Waals surface area contributed by atoms with E-state index in [4.69, 9.17) is 0 Å².